The number of carbonyl (C=O) groups is 2. The van der Waals surface area contributed by atoms with E-state index in [4.69, 9.17) is 22.1 Å². The SMILES string of the molecule is COC(=O)Cc1ccc(CS(=O)(=O)NC(CCc2ccccn2)C2OC2NCC(=O)NCc2cc(Cl)ccc2CN)cc1. The number of nitrogens with zero attached hydrogens (tertiary/aromatic N) is 1. The van der Waals surface area contributed by atoms with Crippen LogP contribution >= 0.6 is 11.6 Å². The van der Waals surface area contributed by atoms with Gasteiger partial charge < -0.3 is 20.5 Å². The van der Waals surface area contributed by atoms with Gasteiger partial charge in [0.1, 0.15) is 12.3 Å². The molecular weight excluding hydrogens is 594 g/mol. The fourth-order valence-corrected chi connectivity index (χ4v) is 6.25. The zero-order chi connectivity index (χ0) is 30.8. The molecule has 5 N–H and O–H groups in total. The van der Waals surface area contributed by atoms with Gasteiger partial charge in [-0.05, 0) is 59.4 Å². The molecule has 1 fully saturated rings. The predicted molar refractivity (Wildman–Crippen MR) is 162 cm³/mol. The average Bonchev–Trinajstić information content (AvgIpc) is 3.78. The van der Waals surface area contributed by atoms with E-state index in [0.717, 1.165) is 22.4 Å². The Morgan fingerprint density at radius 3 is 2.56 bits per heavy atom. The van der Waals surface area contributed by atoms with Crippen molar-refractivity contribution < 1.29 is 27.5 Å². The van der Waals surface area contributed by atoms with Crippen molar-refractivity contribution in [2.75, 3.05) is 13.7 Å². The van der Waals surface area contributed by atoms with Crippen molar-refractivity contribution in [1.82, 2.24) is 20.3 Å². The number of aryl methyl sites for hydroxylation is 1. The summed E-state index contributed by atoms with van der Waals surface area (Å²) in [6.45, 7) is 0.588. The van der Waals surface area contributed by atoms with Crippen LogP contribution in [0.3, 0.4) is 0 Å². The Balaban J connectivity index is 1.33. The number of ether oxygens (including phenoxy) is 2. The Morgan fingerprint density at radius 1 is 1.09 bits per heavy atom. The number of nitrogens with two attached hydrogens (primary N) is 1. The van der Waals surface area contributed by atoms with Crippen LogP contribution in [0.4, 0.5) is 0 Å². The van der Waals surface area contributed by atoms with Crippen LogP contribution in [0.25, 0.3) is 0 Å². The molecule has 0 bridgehead atoms. The van der Waals surface area contributed by atoms with Crippen LogP contribution in [-0.2, 0) is 60.8 Å². The van der Waals surface area contributed by atoms with Crippen molar-refractivity contribution in [2.45, 2.75) is 56.5 Å². The zero-order valence-electron chi connectivity index (χ0n) is 23.8. The van der Waals surface area contributed by atoms with E-state index in [1.54, 1.807) is 42.6 Å². The van der Waals surface area contributed by atoms with Gasteiger partial charge in [-0.25, -0.2) is 13.1 Å². The molecule has 3 unspecified atom stereocenters. The van der Waals surface area contributed by atoms with Crippen LogP contribution in [0.1, 0.15) is 34.4 Å². The average molecular weight is 630 g/mol. The lowest BCUT2D eigenvalue weighted by molar-refractivity contribution is -0.139. The molecule has 1 amide bonds. The molecule has 230 valence electrons. The highest BCUT2D eigenvalue weighted by Crippen LogP contribution is 2.27. The van der Waals surface area contributed by atoms with Crippen LogP contribution < -0.4 is 21.1 Å². The number of benzene rings is 2. The first-order chi connectivity index (χ1) is 20.7. The third-order valence-corrected chi connectivity index (χ3v) is 8.58. The monoisotopic (exact) mass is 629 g/mol. The molecule has 1 saturated heterocycles. The Hall–Kier alpha value is -3.39. The summed E-state index contributed by atoms with van der Waals surface area (Å²) < 4.78 is 39.6. The molecule has 3 atom stereocenters. The van der Waals surface area contributed by atoms with E-state index in [0.29, 0.717) is 30.0 Å². The van der Waals surface area contributed by atoms with Gasteiger partial charge in [0.25, 0.3) is 0 Å². The lowest BCUT2D eigenvalue weighted by Crippen LogP contribution is -2.43. The Morgan fingerprint density at radius 2 is 1.86 bits per heavy atom. The summed E-state index contributed by atoms with van der Waals surface area (Å²) in [4.78, 5) is 28.4. The van der Waals surface area contributed by atoms with Crippen LogP contribution in [0, 0.1) is 0 Å². The summed E-state index contributed by atoms with van der Waals surface area (Å²) >= 11 is 6.08. The maximum Gasteiger partial charge on any atom is 0.309 e. The molecular formula is C30H36ClN5O6S. The lowest BCUT2D eigenvalue weighted by Gasteiger charge is -2.17. The molecule has 3 aromatic rings. The van der Waals surface area contributed by atoms with Gasteiger partial charge in [0.15, 0.2) is 0 Å². The number of esters is 1. The van der Waals surface area contributed by atoms with E-state index in [1.165, 1.54) is 7.11 Å². The molecule has 2 aromatic carbocycles. The van der Waals surface area contributed by atoms with Gasteiger partial charge in [-0.15, -0.1) is 0 Å². The third kappa shape index (κ3) is 10.4. The van der Waals surface area contributed by atoms with Gasteiger partial charge in [0.2, 0.25) is 15.9 Å². The van der Waals surface area contributed by atoms with Crippen molar-refractivity contribution in [3.8, 4) is 0 Å². The highest BCUT2D eigenvalue weighted by molar-refractivity contribution is 7.88. The Kier molecular flexibility index (Phi) is 11.6. The molecule has 2 heterocycles. The van der Waals surface area contributed by atoms with Crippen molar-refractivity contribution in [3.05, 3.63) is 99.8 Å². The van der Waals surface area contributed by atoms with E-state index >= 15 is 0 Å². The number of nitrogens with one attached hydrogen (secondary N) is 3. The second-order valence-corrected chi connectivity index (χ2v) is 12.4. The maximum absolute atomic E-state index is 13.2. The molecule has 0 aliphatic carbocycles. The molecule has 0 radical (unpaired) electrons. The highest BCUT2D eigenvalue weighted by Gasteiger charge is 2.46. The van der Waals surface area contributed by atoms with E-state index in [1.807, 2.05) is 24.3 Å². The first kappa shape index (κ1) is 32.5. The molecule has 11 nitrogen and oxygen atoms in total. The van der Waals surface area contributed by atoms with Crippen LogP contribution in [0.2, 0.25) is 5.02 Å². The predicted octanol–water partition coefficient (Wildman–Crippen LogP) is 1.96. The normalized spacial score (nSPS) is 16.8. The Labute approximate surface area is 256 Å². The van der Waals surface area contributed by atoms with Gasteiger partial charge >= 0.3 is 5.97 Å². The molecule has 1 aliphatic heterocycles. The van der Waals surface area contributed by atoms with Crippen molar-refractivity contribution in [3.63, 3.8) is 0 Å². The Bertz CT molecular complexity index is 1490. The number of sulfonamides is 1. The number of amides is 1. The molecule has 1 aliphatic rings. The van der Waals surface area contributed by atoms with Crippen LogP contribution in [-0.4, -0.2) is 57.3 Å². The zero-order valence-corrected chi connectivity index (χ0v) is 25.4. The molecule has 0 spiro atoms. The highest BCUT2D eigenvalue weighted by atomic mass is 35.5. The summed E-state index contributed by atoms with van der Waals surface area (Å²) in [5.74, 6) is -0.865. The van der Waals surface area contributed by atoms with E-state index in [2.05, 4.69) is 25.1 Å². The molecule has 0 saturated carbocycles. The number of aromatic nitrogens is 1. The maximum atomic E-state index is 13.2. The summed E-state index contributed by atoms with van der Waals surface area (Å²) in [7, 11) is -2.44. The third-order valence-electron chi connectivity index (χ3n) is 6.97. The van der Waals surface area contributed by atoms with E-state index in [-0.39, 0.29) is 37.1 Å². The number of halogens is 1. The molecule has 13 heteroatoms. The van der Waals surface area contributed by atoms with Gasteiger partial charge in [-0.1, -0.05) is 48.0 Å². The van der Waals surface area contributed by atoms with Gasteiger partial charge in [-0.3, -0.25) is 19.9 Å². The number of pyridine rings is 1. The van der Waals surface area contributed by atoms with Crippen LogP contribution in [0.5, 0.6) is 0 Å². The number of hydrogen-bond acceptors (Lipinski definition) is 9. The van der Waals surface area contributed by atoms with Crippen molar-refractivity contribution >= 4 is 33.5 Å². The molecule has 1 aromatic heterocycles. The smallest absolute Gasteiger partial charge is 0.309 e. The standard InChI is InChI=1S/C30H36ClN5O6S/c1-41-28(38)14-20-5-7-21(8-6-20)19-43(39,40)36-26(12-11-25-4-2-3-13-33-25)29-30(42-29)35-18-27(37)34-17-23-15-24(31)10-9-22(23)16-32/h2-10,13,15,26,29-30,35-36H,11-12,14,16-19,32H2,1H3,(H,34,37). The molecule has 43 heavy (non-hydrogen) atoms. The molecule has 4 rings (SSSR count). The first-order valence-corrected chi connectivity index (χ1v) is 15.9. The minimum atomic E-state index is -3.76. The summed E-state index contributed by atoms with van der Waals surface area (Å²) in [5.41, 5.74) is 9.64. The summed E-state index contributed by atoms with van der Waals surface area (Å²) in [5, 5.41) is 6.45. The number of hydrogen-bond donors (Lipinski definition) is 4. The topological polar surface area (TPSA) is 165 Å². The number of rotatable bonds is 16. The number of carbonyl (C=O) groups excluding carboxylic acids is 2. The second kappa shape index (κ2) is 15.4. The van der Waals surface area contributed by atoms with Gasteiger partial charge in [0, 0.05) is 30.0 Å². The van der Waals surface area contributed by atoms with Gasteiger partial charge in [0.05, 0.1) is 31.9 Å². The van der Waals surface area contributed by atoms with Crippen molar-refractivity contribution in [1.29, 1.82) is 0 Å². The quantitative estimate of drug-likeness (QED) is 0.137. The van der Waals surface area contributed by atoms with Crippen molar-refractivity contribution in [2.24, 2.45) is 5.73 Å². The summed E-state index contributed by atoms with van der Waals surface area (Å²) in [6.07, 6.45) is 1.82. The first-order valence-electron chi connectivity index (χ1n) is 13.8. The number of methoxy groups -OCH3 is 1. The van der Waals surface area contributed by atoms with Crippen LogP contribution in [0.15, 0.2) is 66.9 Å². The largest absolute Gasteiger partial charge is 0.469 e. The fourth-order valence-electron chi connectivity index (χ4n) is 4.63. The summed E-state index contributed by atoms with van der Waals surface area (Å²) in [6, 6.07) is 17.1. The minimum Gasteiger partial charge on any atom is -0.469 e. The minimum absolute atomic E-state index is 0.0165. The second-order valence-electron chi connectivity index (χ2n) is 10.2. The fraction of sp³-hybridized carbons (Fsp3) is 0.367. The lowest BCUT2D eigenvalue weighted by atomic mass is 10.1. The number of epoxide rings is 1. The van der Waals surface area contributed by atoms with E-state index < -0.39 is 28.4 Å². The van der Waals surface area contributed by atoms with Gasteiger partial charge in [-0.2, -0.15) is 0 Å². The van der Waals surface area contributed by atoms with E-state index in [9.17, 15) is 18.0 Å².